The maximum atomic E-state index is 12.5. The van der Waals surface area contributed by atoms with Gasteiger partial charge in [-0.3, -0.25) is 9.59 Å². The van der Waals surface area contributed by atoms with Crippen molar-refractivity contribution in [2.24, 2.45) is 17.6 Å². The minimum atomic E-state index is -1.07. The van der Waals surface area contributed by atoms with Gasteiger partial charge in [-0.15, -0.1) is 0 Å². The van der Waals surface area contributed by atoms with Gasteiger partial charge in [-0.1, -0.05) is 53.5 Å². The summed E-state index contributed by atoms with van der Waals surface area (Å²) < 4.78 is 31.7. The molecule has 1 aromatic rings. The van der Waals surface area contributed by atoms with Crippen molar-refractivity contribution < 1.29 is 47.6 Å². The Bertz CT molecular complexity index is 995. The number of nitrogens with two attached hydrogens (primary N) is 1. The van der Waals surface area contributed by atoms with Crippen LogP contribution in [-0.4, -0.2) is 55.2 Å². The smallest absolute Gasteiger partial charge is 0.461 e. The Kier molecular flexibility index (Phi) is 15.8. The van der Waals surface area contributed by atoms with Gasteiger partial charge in [0.1, 0.15) is 31.0 Å². The van der Waals surface area contributed by atoms with E-state index in [4.69, 9.17) is 34.2 Å². The molecule has 0 bridgehead atoms. The molecule has 2 N–H and O–H groups in total. The molecule has 0 aliphatic carbocycles. The van der Waals surface area contributed by atoms with Crippen molar-refractivity contribution in [3.63, 3.8) is 0 Å². The molecule has 1 aromatic carbocycles. The van der Waals surface area contributed by atoms with E-state index in [2.05, 4.69) is 0 Å². The third-order valence-corrected chi connectivity index (χ3v) is 6.29. The minimum absolute atomic E-state index is 0.0211. The fourth-order valence-corrected chi connectivity index (χ4v) is 3.59. The molecule has 0 spiro atoms. The standard InChI is InChI=1S/C30H47NO10/c1-9-11-19(5)38-29(34)40-25-14-13-23(16-26(25)41-30(35)39-20(6)12-10-2)15-24(31)28(33)36-17-21(7)37-27(32)22(8)18(3)4/h13-14,16,18-22,24H,9-12,15,17,31H2,1-8H3/t19?,20?,21-,22?,24-/m0/s1. The summed E-state index contributed by atoms with van der Waals surface area (Å²) in [5.41, 5.74) is 6.56. The number of carbonyl (C=O) groups excluding carboxylic acids is 4. The van der Waals surface area contributed by atoms with E-state index < -0.39 is 30.4 Å². The van der Waals surface area contributed by atoms with Gasteiger partial charge >= 0.3 is 24.2 Å². The fourth-order valence-electron chi connectivity index (χ4n) is 3.59. The zero-order valence-electron chi connectivity index (χ0n) is 25.6. The summed E-state index contributed by atoms with van der Waals surface area (Å²) in [5, 5.41) is 0. The predicted molar refractivity (Wildman–Crippen MR) is 152 cm³/mol. The average Bonchev–Trinajstić information content (AvgIpc) is 2.88. The molecule has 0 amide bonds. The first-order valence-corrected chi connectivity index (χ1v) is 14.3. The van der Waals surface area contributed by atoms with Crippen molar-refractivity contribution in [3.05, 3.63) is 23.8 Å². The maximum absolute atomic E-state index is 12.5. The summed E-state index contributed by atoms with van der Waals surface area (Å²) in [6, 6.07) is 3.34. The molecule has 11 heteroatoms. The van der Waals surface area contributed by atoms with Crippen molar-refractivity contribution in [3.8, 4) is 11.5 Å². The van der Waals surface area contributed by atoms with Crippen LogP contribution < -0.4 is 15.2 Å². The number of esters is 2. The quantitative estimate of drug-likeness (QED) is 0.145. The van der Waals surface area contributed by atoms with Crippen molar-refractivity contribution in [2.75, 3.05) is 6.61 Å². The number of carbonyl (C=O) groups is 4. The van der Waals surface area contributed by atoms with E-state index in [1.165, 1.54) is 12.1 Å². The molecule has 11 nitrogen and oxygen atoms in total. The monoisotopic (exact) mass is 581 g/mol. The van der Waals surface area contributed by atoms with Gasteiger partial charge in [0.25, 0.3) is 0 Å². The molecular formula is C30H47NO10. The predicted octanol–water partition coefficient (Wildman–Crippen LogP) is 5.73. The Balaban J connectivity index is 2.92. The molecule has 0 saturated heterocycles. The lowest BCUT2D eigenvalue weighted by Gasteiger charge is -2.20. The molecule has 0 aliphatic heterocycles. The van der Waals surface area contributed by atoms with Crippen LogP contribution in [0.4, 0.5) is 9.59 Å². The number of ether oxygens (including phenoxy) is 6. The van der Waals surface area contributed by atoms with E-state index in [0.717, 1.165) is 12.8 Å². The lowest BCUT2D eigenvalue weighted by molar-refractivity contribution is -0.162. The number of hydrogen-bond acceptors (Lipinski definition) is 11. The van der Waals surface area contributed by atoms with E-state index in [0.29, 0.717) is 18.4 Å². The molecule has 0 aromatic heterocycles. The third-order valence-electron chi connectivity index (χ3n) is 6.29. The highest BCUT2D eigenvalue weighted by Crippen LogP contribution is 2.30. The van der Waals surface area contributed by atoms with E-state index in [9.17, 15) is 19.2 Å². The van der Waals surface area contributed by atoms with Crippen LogP contribution in [0, 0.1) is 11.8 Å². The van der Waals surface area contributed by atoms with Gasteiger partial charge in [0.05, 0.1) is 5.92 Å². The van der Waals surface area contributed by atoms with Crippen molar-refractivity contribution >= 4 is 24.2 Å². The first kappa shape index (κ1) is 35.7. The lowest BCUT2D eigenvalue weighted by atomic mass is 9.98. The topological polar surface area (TPSA) is 150 Å². The molecule has 3 unspecified atom stereocenters. The Morgan fingerprint density at radius 2 is 1.27 bits per heavy atom. The highest BCUT2D eigenvalue weighted by molar-refractivity contribution is 5.76. The molecule has 0 saturated carbocycles. The highest BCUT2D eigenvalue weighted by atomic mass is 16.7. The highest BCUT2D eigenvalue weighted by Gasteiger charge is 2.24. The van der Waals surface area contributed by atoms with Crippen molar-refractivity contribution in [1.29, 1.82) is 0 Å². The van der Waals surface area contributed by atoms with E-state index >= 15 is 0 Å². The average molecular weight is 582 g/mol. The molecule has 232 valence electrons. The Morgan fingerprint density at radius 1 is 0.732 bits per heavy atom. The summed E-state index contributed by atoms with van der Waals surface area (Å²) in [6.45, 7) is 14.5. The van der Waals surface area contributed by atoms with Crippen LogP contribution >= 0.6 is 0 Å². The number of benzene rings is 1. The van der Waals surface area contributed by atoms with E-state index in [1.54, 1.807) is 33.8 Å². The van der Waals surface area contributed by atoms with Crippen molar-refractivity contribution in [2.45, 2.75) is 112 Å². The van der Waals surface area contributed by atoms with E-state index in [-0.39, 0.29) is 54.5 Å². The van der Waals surface area contributed by atoms with Crippen LogP contribution in [0.3, 0.4) is 0 Å². The first-order valence-electron chi connectivity index (χ1n) is 14.3. The second-order valence-electron chi connectivity index (χ2n) is 10.6. The van der Waals surface area contributed by atoms with Crippen LogP contribution in [-0.2, 0) is 35.0 Å². The largest absolute Gasteiger partial charge is 0.514 e. The molecule has 0 heterocycles. The van der Waals surface area contributed by atoms with Crippen molar-refractivity contribution in [1.82, 2.24) is 0 Å². The summed E-state index contributed by atoms with van der Waals surface area (Å²) in [6.07, 6.45) is -0.339. The Morgan fingerprint density at radius 3 is 1.78 bits per heavy atom. The molecule has 0 fully saturated rings. The summed E-state index contributed by atoms with van der Waals surface area (Å²) in [7, 11) is 0. The van der Waals surface area contributed by atoms with E-state index in [1.807, 2.05) is 27.7 Å². The second-order valence-corrected chi connectivity index (χ2v) is 10.6. The number of hydrogen-bond donors (Lipinski definition) is 1. The molecule has 5 atom stereocenters. The Labute approximate surface area is 243 Å². The van der Waals surface area contributed by atoms with Gasteiger partial charge in [-0.05, 0) is 63.6 Å². The Hall–Kier alpha value is -3.34. The van der Waals surface area contributed by atoms with Gasteiger partial charge < -0.3 is 34.2 Å². The second kappa shape index (κ2) is 18.2. The SMILES string of the molecule is CCCC(C)OC(=O)Oc1ccc(C[C@H](N)C(=O)OC[C@H](C)OC(=O)C(C)C(C)C)cc1OC(=O)OC(C)CCC. The zero-order chi connectivity index (χ0) is 31.1. The van der Waals surface area contributed by atoms with Gasteiger partial charge in [0, 0.05) is 0 Å². The van der Waals surface area contributed by atoms with Gasteiger partial charge in [-0.25, -0.2) is 9.59 Å². The van der Waals surface area contributed by atoms with Gasteiger partial charge in [0.2, 0.25) is 0 Å². The van der Waals surface area contributed by atoms with Crippen LogP contribution in [0.5, 0.6) is 11.5 Å². The van der Waals surface area contributed by atoms with Crippen LogP contribution in [0.15, 0.2) is 18.2 Å². The molecule has 0 radical (unpaired) electrons. The summed E-state index contributed by atoms with van der Waals surface area (Å²) >= 11 is 0. The molecule has 1 rings (SSSR count). The summed E-state index contributed by atoms with van der Waals surface area (Å²) in [5.74, 6) is -1.40. The molecular weight excluding hydrogens is 534 g/mol. The van der Waals surface area contributed by atoms with Gasteiger partial charge in [-0.2, -0.15) is 0 Å². The normalized spacial score (nSPS) is 14.7. The molecule has 0 aliphatic rings. The minimum Gasteiger partial charge on any atom is -0.461 e. The summed E-state index contributed by atoms with van der Waals surface area (Å²) in [4.78, 5) is 49.3. The fraction of sp³-hybridized carbons (Fsp3) is 0.667. The molecule has 41 heavy (non-hydrogen) atoms. The van der Waals surface area contributed by atoms with Gasteiger partial charge in [0.15, 0.2) is 11.5 Å². The lowest BCUT2D eigenvalue weighted by Crippen LogP contribution is -2.36. The van der Waals surface area contributed by atoms with Crippen LogP contribution in [0.1, 0.15) is 86.6 Å². The van der Waals surface area contributed by atoms with Crippen LogP contribution in [0.2, 0.25) is 0 Å². The third kappa shape index (κ3) is 13.7. The first-order chi connectivity index (χ1) is 19.3. The number of rotatable bonds is 16. The zero-order valence-corrected chi connectivity index (χ0v) is 25.6. The maximum Gasteiger partial charge on any atom is 0.514 e. The van der Waals surface area contributed by atoms with Crippen LogP contribution in [0.25, 0.3) is 0 Å².